The van der Waals surface area contributed by atoms with Crippen LogP contribution in [0.3, 0.4) is 0 Å². The lowest BCUT2D eigenvalue weighted by Gasteiger charge is -2.40. The van der Waals surface area contributed by atoms with Gasteiger partial charge in [-0.25, -0.2) is 0 Å². The highest BCUT2D eigenvalue weighted by atomic mass is 16.2. The van der Waals surface area contributed by atoms with Gasteiger partial charge in [-0.2, -0.15) is 0 Å². The van der Waals surface area contributed by atoms with Crippen molar-refractivity contribution in [1.29, 1.82) is 0 Å². The van der Waals surface area contributed by atoms with E-state index in [0.29, 0.717) is 18.5 Å². The molecule has 0 aromatic carbocycles. The molecule has 1 saturated heterocycles. The van der Waals surface area contributed by atoms with Crippen LogP contribution in [0.25, 0.3) is 0 Å². The van der Waals surface area contributed by atoms with E-state index in [2.05, 4.69) is 31.0 Å². The number of nitrogens with one attached hydrogen (secondary N) is 1. The first-order valence-electron chi connectivity index (χ1n) is 5.66. The Morgan fingerprint density at radius 3 is 2.79 bits per heavy atom. The molecule has 1 amide bonds. The van der Waals surface area contributed by atoms with Crippen molar-refractivity contribution < 1.29 is 4.79 Å². The average molecular weight is 196 g/mol. The van der Waals surface area contributed by atoms with Gasteiger partial charge < -0.3 is 4.90 Å². The molecule has 2 atom stereocenters. The van der Waals surface area contributed by atoms with Crippen LogP contribution >= 0.6 is 0 Å². The molecular weight excluding hydrogens is 176 g/mol. The van der Waals surface area contributed by atoms with Crippen molar-refractivity contribution in [1.82, 2.24) is 10.2 Å². The molecule has 2 rings (SSSR count). The number of carbonyl (C=O) groups is 1. The molecule has 14 heavy (non-hydrogen) atoms. The lowest BCUT2D eigenvalue weighted by atomic mass is 9.92. The van der Waals surface area contributed by atoms with E-state index in [0.717, 1.165) is 6.42 Å². The maximum Gasteiger partial charge on any atom is 0.238 e. The highest BCUT2D eigenvalue weighted by molar-refractivity contribution is 5.82. The summed E-state index contributed by atoms with van der Waals surface area (Å²) >= 11 is 0. The Bertz CT molecular complexity index is 250. The highest BCUT2D eigenvalue weighted by Gasteiger charge is 2.50. The Labute approximate surface area is 85.8 Å². The van der Waals surface area contributed by atoms with E-state index in [4.69, 9.17) is 0 Å². The van der Waals surface area contributed by atoms with Gasteiger partial charge in [-0.3, -0.25) is 10.1 Å². The van der Waals surface area contributed by atoms with Gasteiger partial charge >= 0.3 is 0 Å². The summed E-state index contributed by atoms with van der Waals surface area (Å²) in [6.07, 6.45) is 3.50. The molecule has 2 aliphatic rings. The fourth-order valence-corrected chi connectivity index (χ4v) is 2.41. The van der Waals surface area contributed by atoms with Gasteiger partial charge in [0.1, 0.15) is 0 Å². The largest absolute Gasteiger partial charge is 0.320 e. The standard InChI is InChI=1S/C11H20N2O/c1-4-8(2)11(3)12-7-10(14)13(11)9-5-6-9/h8-9,12H,4-7H2,1-3H3. The van der Waals surface area contributed by atoms with Crippen molar-refractivity contribution >= 4 is 5.91 Å². The first-order chi connectivity index (χ1) is 6.59. The van der Waals surface area contributed by atoms with E-state index in [1.54, 1.807) is 0 Å². The van der Waals surface area contributed by atoms with Crippen LogP contribution in [0, 0.1) is 5.92 Å². The second-order valence-corrected chi connectivity index (χ2v) is 4.81. The van der Waals surface area contributed by atoms with Gasteiger partial charge in [0.2, 0.25) is 5.91 Å². The summed E-state index contributed by atoms with van der Waals surface area (Å²) in [4.78, 5) is 13.9. The number of amides is 1. The Balaban J connectivity index is 2.20. The van der Waals surface area contributed by atoms with Crippen molar-refractivity contribution in [3.8, 4) is 0 Å². The third-order valence-electron chi connectivity index (χ3n) is 3.85. The van der Waals surface area contributed by atoms with Gasteiger partial charge in [0.15, 0.2) is 0 Å². The van der Waals surface area contributed by atoms with Crippen molar-refractivity contribution in [2.75, 3.05) is 6.54 Å². The third kappa shape index (κ3) is 1.34. The number of hydrogen-bond acceptors (Lipinski definition) is 2. The molecule has 1 heterocycles. The predicted octanol–water partition coefficient (Wildman–Crippen LogP) is 1.34. The maximum absolute atomic E-state index is 11.8. The molecule has 0 radical (unpaired) electrons. The van der Waals surface area contributed by atoms with E-state index < -0.39 is 0 Å². The summed E-state index contributed by atoms with van der Waals surface area (Å²) in [7, 11) is 0. The fraction of sp³-hybridized carbons (Fsp3) is 0.909. The van der Waals surface area contributed by atoms with Crippen LogP contribution in [0.1, 0.15) is 40.0 Å². The number of nitrogens with zero attached hydrogens (tertiary/aromatic N) is 1. The molecule has 3 heteroatoms. The summed E-state index contributed by atoms with van der Waals surface area (Å²) in [6.45, 7) is 7.11. The minimum absolute atomic E-state index is 0.0903. The predicted molar refractivity (Wildman–Crippen MR) is 55.7 cm³/mol. The molecule has 0 bridgehead atoms. The lowest BCUT2D eigenvalue weighted by molar-refractivity contribution is -0.132. The third-order valence-corrected chi connectivity index (χ3v) is 3.85. The zero-order valence-corrected chi connectivity index (χ0v) is 9.34. The molecule has 2 fully saturated rings. The Morgan fingerprint density at radius 1 is 1.64 bits per heavy atom. The van der Waals surface area contributed by atoms with Crippen molar-refractivity contribution in [3.63, 3.8) is 0 Å². The lowest BCUT2D eigenvalue weighted by Crippen LogP contribution is -2.55. The molecule has 1 aliphatic carbocycles. The van der Waals surface area contributed by atoms with Gasteiger partial charge in [-0.1, -0.05) is 20.3 Å². The van der Waals surface area contributed by atoms with Crippen LogP contribution in [-0.4, -0.2) is 29.1 Å². The van der Waals surface area contributed by atoms with Crippen molar-refractivity contribution in [3.05, 3.63) is 0 Å². The van der Waals surface area contributed by atoms with E-state index in [1.165, 1.54) is 12.8 Å². The van der Waals surface area contributed by atoms with Gasteiger partial charge in [0.25, 0.3) is 0 Å². The number of hydrogen-bond donors (Lipinski definition) is 1. The summed E-state index contributed by atoms with van der Waals surface area (Å²) in [5.41, 5.74) is -0.0903. The average Bonchev–Trinajstić information content (AvgIpc) is 2.94. The second kappa shape index (κ2) is 3.23. The van der Waals surface area contributed by atoms with Crippen LogP contribution < -0.4 is 5.32 Å². The van der Waals surface area contributed by atoms with Gasteiger partial charge in [-0.05, 0) is 25.7 Å². The minimum atomic E-state index is -0.0903. The van der Waals surface area contributed by atoms with E-state index in [9.17, 15) is 4.79 Å². The summed E-state index contributed by atoms with van der Waals surface area (Å²) in [5, 5.41) is 3.38. The normalized spacial score (nSPS) is 35.1. The van der Waals surface area contributed by atoms with E-state index >= 15 is 0 Å². The van der Waals surface area contributed by atoms with Crippen LogP contribution in [0.15, 0.2) is 0 Å². The summed E-state index contributed by atoms with van der Waals surface area (Å²) in [5.74, 6) is 0.810. The van der Waals surface area contributed by atoms with Crippen LogP contribution in [-0.2, 0) is 4.79 Å². The molecule has 80 valence electrons. The molecule has 0 spiro atoms. The SMILES string of the molecule is CCC(C)C1(C)NCC(=O)N1C1CC1. The van der Waals surface area contributed by atoms with Gasteiger partial charge in [0.05, 0.1) is 12.2 Å². The van der Waals surface area contributed by atoms with Gasteiger partial charge in [-0.15, -0.1) is 0 Å². The van der Waals surface area contributed by atoms with Crippen LogP contribution in [0.5, 0.6) is 0 Å². The molecule has 2 unspecified atom stereocenters. The van der Waals surface area contributed by atoms with E-state index in [-0.39, 0.29) is 11.6 Å². The van der Waals surface area contributed by atoms with E-state index in [1.807, 2.05) is 0 Å². The first-order valence-corrected chi connectivity index (χ1v) is 5.66. The Kier molecular flexibility index (Phi) is 2.30. The molecule has 0 aromatic heterocycles. The zero-order chi connectivity index (χ0) is 10.3. The minimum Gasteiger partial charge on any atom is -0.320 e. The molecule has 1 aliphatic heterocycles. The first kappa shape index (κ1) is 9.97. The maximum atomic E-state index is 11.8. The van der Waals surface area contributed by atoms with Crippen molar-refractivity contribution in [2.24, 2.45) is 5.92 Å². The van der Waals surface area contributed by atoms with Crippen molar-refractivity contribution in [2.45, 2.75) is 51.7 Å². The monoisotopic (exact) mass is 196 g/mol. The highest BCUT2D eigenvalue weighted by Crippen LogP contribution is 2.38. The fourth-order valence-electron chi connectivity index (χ4n) is 2.41. The summed E-state index contributed by atoms with van der Waals surface area (Å²) in [6, 6.07) is 0.525. The molecule has 1 saturated carbocycles. The number of rotatable bonds is 3. The summed E-state index contributed by atoms with van der Waals surface area (Å²) < 4.78 is 0. The Hall–Kier alpha value is -0.570. The quantitative estimate of drug-likeness (QED) is 0.739. The molecule has 1 N–H and O–H groups in total. The molecule has 3 nitrogen and oxygen atoms in total. The Morgan fingerprint density at radius 2 is 2.29 bits per heavy atom. The number of carbonyl (C=O) groups excluding carboxylic acids is 1. The van der Waals surface area contributed by atoms with Crippen LogP contribution in [0.4, 0.5) is 0 Å². The second-order valence-electron chi connectivity index (χ2n) is 4.81. The van der Waals surface area contributed by atoms with Crippen LogP contribution in [0.2, 0.25) is 0 Å². The van der Waals surface area contributed by atoms with Gasteiger partial charge in [0, 0.05) is 6.04 Å². The topological polar surface area (TPSA) is 32.3 Å². The zero-order valence-electron chi connectivity index (χ0n) is 9.34. The molecular formula is C11H20N2O. The molecule has 0 aromatic rings. The smallest absolute Gasteiger partial charge is 0.238 e.